The minimum absolute atomic E-state index is 0.0125. The molecule has 0 saturated heterocycles. The van der Waals surface area contributed by atoms with E-state index in [2.05, 4.69) is 4.72 Å². The van der Waals surface area contributed by atoms with Gasteiger partial charge in [0.25, 0.3) is 0 Å². The summed E-state index contributed by atoms with van der Waals surface area (Å²) in [5, 5.41) is 0.378. The molecule has 3 rings (SSSR count). The molecule has 0 saturated carbocycles. The van der Waals surface area contributed by atoms with E-state index in [1.54, 1.807) is 6.92 Å². The van der Waals surface area contributed by atoms with Crippen molar-refractivity contribution >= 4 is 37.4 Å². The topological polar surface area (TPSA) is 120 Å². The van der Waals surface area contributed by atoms with Crippen molar-refractivity contribution in [3.05, 3.63) is 77.2 Å². The third-order valence-corrected chi connectivity index (χ3v) is 7.54. The van der Waals surface area contributed by atoms with E-state index in [-0.39, 0.29) is 39.4 Å². The monoisotopic (exact) mass is 483 g/mol. The predicted octanol–water partition coefficient (Wildman–Crippen LogP) is 3.42. The van der Waals surface area contributed by atoms with Crippen LogP contribution in [0.25, 0.3) is 0 Å². The molecule has 0 atom stereocenters. The lowest BCUT2D eigenvalue weighted by Gasteiger charge is -2.09. The molecule has 0 fully saturated rings. The number of hydrogen-bond acceptors (Lipinski definition) is 7. The quantitative estimate of drug-likeness (QED) is 0.487. The Balaban J connectivity index is 1.79. The van der Waals surface area contributed by atoms with Gasteiger partial charge in [-0.25, -0.2) is 26.4 Å². The highest BCUT2D eigenvalue weighted by molar-refractivity contribution is 7.91. The Kier molecular flexibility index (Phi) is 6.85. The molecule has 1 aromatic heterocycles. The Morgan fingerprint density at radius 3 is 2.32 bits per heavy atom. The second-order valence-electron chi connectivity index (χ2n) is 6.24. The lowest BCUT2D eigenvalue weighted by atomic mass is 10.4. The number of nitrogens with one attached hydrogen (secondary N) is 1. The third kappa shape index (κ3) is 5.34. The minimum atomic E-state index is -4.06. The van der Waals surface area contributed by atoms with E-state index in [1.165, 1.54) is 54.6 Å². The van der Waals surface area contributed by atoms with Crippen molar-refractivity contribution in [3.8, 4) is 0 Å². The first kappa shape index (κ1) is 23.0. The lowest BCUT2D eigenvalue weighted by molar-refractivity contribution is 0.0488. The van der Waals surface area contributed by atoms with Gasteiger partial charge in [-0.1, -0.05) is 17.7 Å². The average molecular weight is 484 g/mol. The summed E-state index contributed by atoms with van der Waals surface area (Å²) in [5.74, 6) is -0.514. The number of carbonyl (C=O) groups is 1. The number of ether oxygens (including phenoxy) is 1. The summed E-state index contributed by atoms with van der Waals surface area (Å²) >= 11 is 5.80. The number of esters is 1. The maximum absolute atomic E-state index is 12.8. The molecule has 1 N–H and O–H groups in total. The van der Waals surface area contributed by atoms with Crippen LogP contribution in [-0.2, 0) is 31.1 Å². The zero-order valence-electron chi connectivity index (χ0n) is 16.2. The average Bonchev–Trinajstić information content (AvgIpc) is 3.22. The van der Waals surface area contributed by atoms with Crippen LogP contribution in [0, 0.1) is 0 Å². The summed E-state index contributed by atoms with van der Waals surface area (Å²) in [7, 11) is -8.00. The van der Waals surface area contributed by atoms with E-state index in [1.807, 2.05) is 0 Å². The molecule has 0 bridgehead atoms. The van der Waals surface area contributed by atoms with Gasteiger partial charge in [-0.15, -0.1) is 0 Å². The summed E-state index contributed by atoms with van der Waals surface area (Å²) in [6, 6.07) is 13.4. The van der Waals surface area contributed by atoms with Crippen molar-refractivity contribution in [3.63, 3.8) is 0 Å². The molecule has 0 aliphatic carbocycles. The number of hydrogen-bond donors (Lipinski definition) is 1. The van der Waals surface area contributed by atoms with Crippen molar-refractivity contribution in [2.24, 2.45) is 0 Å². The van der Waals surface area contributed by atoms with E-state index < -0.39 is 25.8 Å². The third-order valence-electron chi connectivity index (χ3n) is 4.12. The van der Waals surface area contributed by atoms with Crippen LogP contribution in [-0.4, -0.2) is 29.4 Å². The molecular formula is C20H18ClNO7S2. The van der Waals surface area contributed by atoms with Gasteiger partial charge in [0, 0.05) is 5.02 Å². The van der Waals surface area contributed by atoms with Gasteiger partial charge < -0.3 is 9.15 Å². The van der Waals surface area contributed by atoms with E-state index in [4.69, 9.17) is 20.8 Å². The molecule has 0 unspecified atom stereocenters. The minimum Gasteiger partial charge on any atom is -0.460 e. The van der Waals surface area contributed by atoms with Crippen LogP contribution in [0.4, 0.5) is 0 Å². The Hall–Kier alpha value is -2.66. The van der Waals surface area contributed by atoms with Crippen LogP contribution in [0.3, 0.4) is 0 Å². The largest absolute Gasteiger partial charge is 0.460 e. The molecule has 1 heterocycles. The summed E-state index contributed by atoms with van der Waals surface area (Å²) in [6.07, 6.45) is 0. The molecule has 0 aliphatic heterocycles. The van der Waals surface area contributed by atoms with E-state index in [0.29, 0.717) is 5.02 Å². The summed E-state index contributed by atoms with van der Waals surface area (Å²) in [4.78, 5) is 11.2. The molecule has 0 spiro atoms. The normalized spacial score (nSPS) is 11.9. The highest BCUT2D eigenvalue weighted by Gasteiger charge is 2.22. The van der Waals surface area contributed by atoms with Gasteiger partial charge in [0.1, 0.15) is 5.76 Å². The van der Waals surface area contributed by atoms with E-state index in [0.717, 1.165) is 6.07 Å². The first-order chi connectivity index (χ1) is 14.6. The first-order valence-corrected chi connectivity index (χ1v) is 12.3. The summed E-state index contributed by atoms with van der Waals surface area (Å²) in [5.41, 5.74) is 0. The first-order valence-electron chi connectivity index (χ1n) is 8.99. The molecule has 8 nitrogen and oxygen atoms in total. The molecule has 2 aromatic carbocycles. The Morgan fingerprint density at radius 2 is 1.65 bits per heavy atom. The summed E-state index contributed by atoms with van der Waals surface area (Å²) < 4.78 is 63.3. The van der Waals surface area contributed by atoms with Gasteiger partial charge in [-0.2, -0.15) is 0 Å². The summed E-state index contributed by atoms with van der Waals surface area (Å²) in [6.45, 7) is 1.59. The maximum atomic E-state index is 12.8. The standard InChI is InChI=1S/C20H18ClNO7S2/c1-2-28-20(23)19-11-8-15(29-19)13-22-31(26,27)18-5-3-4-17(12-18)30(24,25)16-9-6-14(21)7-10-16/h3-12,22H,2,13H2,1H3. The Morgan fingerprint density at radius 1 is 0.968 bits per heavy atom. The molecule has 3 aromatic rings. The molecule has 164 valence electrons. The number of benzene rings is 2. The van der Waals surface area contributed by atoms with Gasteiger partial charge in [-0.05, 0) is 61.5 Å². The highest BCUT2D eigenvalue weighted by atomic mass is 35.5. The molecule has 0 radical (unpaired) electrons. The zero-order chi connectivity index (χ0) is 22.6. The van der Waals surface area contributed by atoms with Gasteiger partial charge in [-0.3, -0.25) is 0 Å². The molecule has 0 aliphatic rings. The van der Waals surface area contributed by atoms with Crippen molar-refractivity contribution in [1.82, 2.24) is 4.72 Å². The predicted molar refractivity (Wildman–Crippen MR) is 112 cm³/mol. The van der Waals surface area contributed by atoms with Crippen molar-refractivity contribution in [2.75, 3.05) is 6.61 Å². The molecule has 31 heavy (non-hydrogen) atoms. The van der Waals surface area contributed by atoms with E-state index in [9.17, 15) is 21.6 Å². The van der Waals surface area contributed by atoms with Crippen LogP contribution < -0.4 is 4.72 Å². The molecule has 0 amide bonds. The molecular weight excluding hydrogens is 466 g/mol. The number of sulfone groups is 1. The van der Waals surface area contributed by atoms with Crippen LogP contribution in [0.5, 0.6) is 0 Å². The Labute approximate surface area is 184 Å². The van der Waals surface area contributed by atoms with Crippen LogP contribution >= 0.6 is 11.6 Å². The zero-order valence-corrected chi connectivity index (χ0v) is 18.6. The van der Waals surface area contributed by atoms with Crippen molar-refractivity contribution < 1.29 is 30.8 Å². The van der Waals surface area contributed by atoms with Crippen LogP contribution in [0.1, 0.15) is 23.2 Å². The van der Waals surface area contributed by atoms with Gasteiger partial charge in [0.15, 0.2) is 0 Å². The van der Waals surface area contributed by atoms with E-state index >= 15 is 0 Å². The highest BCUT2D eigenvalue weighted by Crippen LogP contribution is 2.24. The Bertz CT molecular complexity index is 1300. The second-order valence-corrected chi connectivity index (χ2v) is 10.4. The lowest BCUT2D eigenvalue weighted by Crippen LogP contribution is -2.23. The van der Waals surface area contributed by atoms with Gasteiger partial charge in [0.05, 0.1) is 27.8 Å². The molecule has 11 heteroatoms. The number of halogens is 1. The number of furan rings is 1. The fraction of sp³-hybridized carbons (Fsp3) is 0.150. The van der Waals surface area contributed by atoms with Gasteiger partial charge >= 0.3 is 5.97 Å². The van der Waals surface area contributed by atoms with Crippen LogP contribution in [0.2, 0.25) is 5.02 Å². The number of carbonyl (C=O) groups excluding carboxylic acids is 1. The fourth-order valence-electron chi connectivity index (χ4n) is 2.59. The van der Waals surface area contributed by atoms with Crippen LogP contribution in [0.15, 0.2) is 79.8 Å². The maximum Gasteiger partial charge on any atom is 0.374 e. The second kappa shape index (κ2) is 9.23. The van der Waals surface area contributed by atoms with Crippen molar-refractivity contribution in [1.29, 1.82) is 0 Å². The van der Waals surface area contributed by atoms with Gasteiger partial charge in [0.2, 0.25) is 25.6 Å². The number of rotatable bonds is 8. The SMILES string of the molecule is CCOC(=O)c1ccc(CNS(=O)(=O)c2cccc(S(=O)(=O)c3ccc(Cl)cc3)c2)o1. The smallest absolute Gasteiger partial charge is 0.374 e. The number of sulfonamides is 1. The fourth-order valence-corrected chi connectivity index (χ4v) is 5.14. The van der Waals surface area contributed by atoms with Crippen molar-refractivity contribution in [2.45, 2.75) is 28.2 Å².